The maximum Gasteiger partial charge on any atom is 0.252 e. The van der Waals surface area contributed by atoms with Crippen molar-refractivity contribution in [1.82, 2.24) is 9.88 Å². The Kier molecular flexibility index (Phi) is 3.08. The highest BCUT2D eigenvalue weighted by atomic mass is 16.3. The van der Waals surface area contributed by atoms with Crippen molar-refractivity contribution in [3.05, 3.63) is 24.0 Å². The van der Waals surface area contributed by atoms with Crippen molar-refractivity contribution in [3.63, 3.8) is 0 Å². The number of aliphatic hydroxyl groups is 1. The van der Waals surface area contributed by atoms with E-state index in [0.29, 0.717) is 5.56 Å². The number of amides is 1. The number of nitrogens with one attached hydrogen (secondary N) is 1. The molecular formula is C9H14N2O2. The normalized spacial score (nSPS) is 12.5. The first-order valence-electron chi connectivity index (χ1n) is 4.18. The summed E-state index contributed by atoms with van der Waals surface area (Å²) in [5.41, 5.74) is 0.614. The van der Waals surface area contributed by atoms with Gasteiger partial charge in [0.1, 0.15) is 0 Å². The Morgan fingerprint density at radius 3 is 2.92 bits per heavy atom. The van der Waals surface area contributed by atoms with E-state index in [1.54, 1.807) is 30.0 Å². The van der Waals surface area contributed by atoms with Crippen molar-refractivity contribution in [1.29, 1.82) is 0 Å². The zero-order valence-corrected chi connectivity index (χ0v) is 7.82. The van der Waals surface area contributed by atoms with Gasteiger partial charge in [-0.3, -0.25) is 4.79 Å². The molecule has 0 saturated heterocycles. The molecule has 0 spiro atoms. The van der Waals surface area contributed by atoms with E-state index >= 15 is 0 Å². The minimum Gasteiger partial charge on any atom is -0.392 e. The summed E-state index contributed by atoms with van der Waals surface area (Å²) in [7, 11) is 1.85. The minimum absolute atomic E-state index is 0.151. The number of aromatic nitrogens is 1. The summed E-state index contributed by atoms with van der Waals surface area (Å²) in [5.74, 6) is -0.151. The summed E-state index contributed by atoms with van der Waals surface area (Å²) in [6, 6.07) is 1.73. The van der Waals surface area contributed by atoms with E-state index in [9.17, 15) is 4.79 Å². The van der Waals surface area contributed by atoms with E-state index in [0.717, 1.165) is 0 Å². The van der Waals surface area contributed by atoms with Gasteiger partial charge in [0.2, 0.25) is 0 Å². The van der Waals surface area contributed by atoms with E-state index in [2.05, 4.69) is 5.32 Å². The van der Waals surface area contributed by atoms with Gasteiger partial charge in [0, 0.05) is 26.0 Å². The molecule has 1 atom stereocenters. The first kappa shape index (κ1) is 9.80. The number of hydrogen-bond donors (Lipinski definition) is 2. The van der Waals surface area contributed by atoms with Gasteiger partial charge in [-0.05, 0) is 13.0 Å². The minimum atomic E-state index is -0.507. The molecular weight excluding hydrogens is 168 g/mol. The van der Waals surface area contributed by atoms with Crippen LogP contribution in [-0.4, -0.2) is 28.2 Å². The van der Waals surface area contributed by atoms with Crippen LogP contribution in [0.3, 0.4) is 0 Å². The molecule has 13 heavy (non-hydrogen) atoms. The topological polar surface area (TPSA) is 54.3 Å². The fraction of sp³-hybridized carbons (Fsp3) is 0.444. The second-order valence-corrected chi connectivity index (χ2v) is 3.12. The van der Waals surface area contributed by atoms with Crippen molar-refractivity contribution < 1.29 is 9.90 Å². The van der Waals surface area contributed by atoms with Crippen molar-refractivity contribution in [2.45, 2.75) is 13.0 Å². The predicted molar refractivity (Wildman–Crippen MR) is 49.4 cm³/mol. The van der Waals surface area contributed by atoms with Crippen molar-refractivity contribution >= 4 is 5.91 Å². The highest BCUT2D eigenvalue weighted by molar-refractivity contribution is 5.93. The fourth-order valence-electron chi connectivity index (χ4n) is 0.980. The van der Waals surface area contributed by atoms with Crippen molar-refractivity contribution in [2.24, 2.45) is 7.05 Å². The first-order chi connectivity index (χ1) is 6.09. The lowest BCUT2D eigenvalue weighted by Gasteiger charge is -2.05. The van der Waals surface area contributed by atoms with Crippen LogP contribution < -0.4 is 5.32 Å². The number of aliphatic hydroxyl groups excluding tert-OH is 1. The van der Waals surface area contributed by atoms with Crippen LogP contribution in [0.15, 0.2) is 18.5 Å². The van der Waals surface area contributed by atoms with Gasteiger partial charge >= 0.3 is 0 Å². The Bertz CT molecular complexity index is 292. The van der Waals surface area contributed by atoms with Gasteiger partial charge < -0.3 is 15.0 Å². The molecule has 0 fully saturated rings. The standard InChI is InChI=1S/C9H14N2O2/c1-7(12)5-10-9(13)8-3-4-11(2)6-8/h3-4,6-7,12H,5H2,1-2H3,(H,10,13)/t7-/m1/s1. The van der Waals surface area contributed by atoms with Gasteiger partial charge in [0.15, 0.2) is 0 Å². The molecule has 1 rings (SSSR count). The molecule has 4 nitrogen and oxygen atoms in total. The molecule has 0 aliphatic rings. The van der Waals surface area contributed by atoms with Gasteiger partial charge in [-0.2, -0.15) is 0 Å². The Labute approximate surface area is 77.2 Å². The average Bonchev–Trinajstić information content (AvgIpc) is 2.47. The Morgan fingerprint density at radius 1 is 1.77 bits per heavy atom. The molecule has 1 aromatic heterocycles. The summed E-state index contributed by atoms with van der Waals surface area (Å²) >= 11 is 0. The van der Waals surface area contributed by atoms with Crippen LogP contribution in [0.2, 0.25) is 0 Å². The molecule has 0 unspecified atom stereocenters. The molecule has 0 radical (unpaired) electrons. The van der Waals surface area contributed by atoms with E-state index in [-0.39, 0.29) is 12.5 Å². The summed E-state index contributed by atoms with van der Waals surface area (Å²) in [6.07, 6.45) is 3.03. The number of carbonyl (C=O) groups excluding carboxylic acids is 1. The van der Waals surface area contributed by atoms with Gasteiger partial charge in [0.25, 0.3) is 5.91 Å². The molecule has 2 N–H and O–H groups in total. The largest absolute Gasteiger partial charge is 0.392 e. The monoisotopic (exact) mass is 182 g/mol. The maximum atomic E-state index is 11.3. The van der Waals surface area contributed by atoms with E-state index in [1.165, 1.54) is 0 Å². The van der Waals surface area contributed by atoms with Crippen molar-refractivity contribution in [3.8, 4) is 0 Å². The number of aryl methyl sites for hydroxylation is 1. The van der Waals surface area contributed by atoms with Crippen LogP contribution >= 0.6 is 0 Å². The summed E-state index contributed by atoms with van der Waals surface area (Å²) < 4.78 is 1.80. The Morgan fingerprint density at radius 2 is 2.46 bits per heavy atom. The lowest BCUT2D eigenvalue weighted by molar-refractivity contribution is 0.0924. The number of hydrogen-bond acceptors (Lipinski definition) is 2. The third kappa shape index (κ3) is 2.91. The molecule has 0 bridgehead atoms. The average molecular weight is 182 g/mol. The maximum absolute atomic E-state index is 11.3. The lowest BCUT2D eigenvalue weighted by atomic mass is 10.3. The van der Waals surface area contributed by atoms with Gasteiger partial charge in [0.05, 0.1) is 11.7 Å². The van der Waals surface area contributed by atoms with Crippen LogP contribution in [0.4, 0.5) is 0 Å². The summed E-state index contributed by atoms with van der Waals surface area (Å²) in [4.78, 5) is 11.3. The van der Waals surface area contributed by atoms with Gasteiger partial charge in [-0.1, -0.05) is 0 Å². The predicted octanol–water partition coefficient (Wildman–Crippen LogP) is 0.136. The molecule has 0 saturated carbocycles. The molecule has 0 aliphatic heterocycles. The van der Waals surface area contributed by atoms with Crippen LogP contribution in [0.1, 0.15) is 17.3 Å². The third-order valence-corrected chi connectivity index (χ3v) is 1.65. The van der Waals surface area contributed by atoms with Crippen LogP contribution in [-0.2, 0) is 7.05 Å². The second kappa shape index (κ2) is 4.09. The zero-order valence-electron chi connectivity index (χ0n) is 7.82. The van der Waals surface area contributed by atoms with Crippen LogP contribution in [0.25, 0.3) is 0 Å². The molecule has 1 aromatic rings. The third-order valence-electron chi connectivity index (χ3n) is 1.65. The highest BCUT2D eigenvalue weighted by Crippen LogP contribution is 1.98. The quantitative estimate of drug-likeness (QED) is 0.698. The van der Waals surface area contributed by atoms with E-state index < -0.39 is 6.10 Å². The molecule has 72 valence electrons. The molecule has 1 amide bonds. The molecule has 4 heteroatoms. The van der Waals surface area contributed by atoms with Gasteiger partial charge in [-0.15, -0.1) is 0 Å². The van der Waals surface area contributed by atoms with E-state index in [4.69, 9.17) is 5.11 Å². The smallest absolute Gasteiger partial charge is 0.252 e. The zero-order chi connectivity index (χ0) is 9.84. The molecule has 1 heterocycles. The second-order valence-electron chi connectivity index (χ2n) is 3.12. The molecule has 0 aromatic carbocycles. The van der Waals surface area contributed by atoms with E-state index in [1.807, 2.05) is 7.05 Å². The van der Waals surface area contributed by atoms with Gasteiger partial charge in [-0.25, -0.2) is 0 Å². The number of carbonyl (C=O) groups is 1. The fourth-order valence-corrected chi connectivity index (χ4v) is 0.980. The summed E-state index contributed by atoms with van der Waals surface area (Å²) in [6.45, 7) is 1.92. The SMILES string of the molecule is C[C@@H](O)CNC(=O)c1ccn(C)c1. The Hall–Kier alpha value is -1.29. The summed E-state index contributed by atoms with van der Waals surface area (Å²) in [5, 5.41) is 11.5. The highest BCUT2D eigenvalue weighted by Gasteiger charge is 2.06. The number of nitrogens with zero attached hydrogens (tertiary/aromatic N) is 1. The van der Waals surface area contributed by atoms with Crippen LogP contribution in [0, 0.1) is 0 Å². The lowest BCUT2D eigenvalue weighted by Crippen LogP contribution is -2.30. The van der Waals surface area contributed by atoms with Crippen molar-refractivity contribution in [2.75, 3.05) is 6.54 Å². The van der Waals surface area contributed by atoms with Crippen LogP contribution in [0.5, 0.6) is 0 Å². The molecule has 0 aliphatic carbocycles. The number of rotatable bonds is 3. The first-order valence-corrected chi connectivity index (χ1v) is 4.18. The Balaban J connectivity index is 2.49.